The quantitative estimate of drug-likeness (QED) is 0.333. The monoisotopic (exact) mass is 424 g/mol. The van der Waals surface area contributed by atoms with E-state index in [0.717, 1.165) is 11.3 Å². The molecular formula is C29H32N2O. The lowest BCUT2D eigenvalue weighted by atomic mass is 9.87. The number of aromatic nitrogens is 2. The Labute approximate surface area is 191 Å². The van der Waals surface area contributed by atoms with Gasteiger partial charge in [0.15, 0.2) is 0 Å². The van der Waals surface area contributed by atoms with Gasteiger partial charge < -0.3 is 9.30 Å². The molecule has 0 saturated carbocycles. The second-order valence-electron chi connectivity index (χ2n) is 9.51. The molecule has 0 aliphatic rings. The molecule has 0 saturated heterocycles. The first-order chi connectivity index (χ1) is 15.3. The minimum Gasteiger partial charge on any atom is -0.363 e. The van der Waals surface area contributed by atoms with Gasteiger partial charge in [-0.1, -0.05) is 87.5 Å². The minimum absolute atomic E-state index is 0.145. The topological polar surface area (TPSA) is 27.1 Å². The van der Waals surface area contributed by atoms with E-state index < -0.39 is 0 Å². The average molecular weight is 425 g/mol. The number of nitrogens with zero attached hydrogens (tertiary/aromatic N) is 2. The van der Waals surface area contributed by atoms with E-state index in [2.05, 4.69) is 105 Å². The van der Waals surface area contributed by atoms with Crippen LogP contribution in [0.15, 0.2) is 85.3 Å². The van der Waals surface area contributed by atoms with Crippen molar-refractivity contribution >= 4 is 0 Å². The van der Waals surface area contributed by atoms with Gasteiger partial charge in [0, 0.05) is 7.05 Å². The fourth-order valence-electron chi connectivity index (χ4n) is 4.02. The van der Waals surface area contributed by atoms with Gasteiger partial charge in [0.2, 0.25) is 0 Å². The molecule has 0 aliphatic heterocycles. The van der Waals surface area contributed by atoms with E-state index >= 15 is 0 Å². The van der Waals surface area contributed by atoms with E-state index in [1.54, 1.807) is 0 Å². The Morgan fingerprint density at radius 2 is 1.69 bits per heavy atom. The van der Waals surface area contributed by atoms with E-state index in [1.165, 1.54) is 27.8 Å². The third-order valence-corrected chi connectivity index (χ3v) is 6.00. The van der Waals surface area contributed by atoms with Gasteiger partial charge in [-0.25, -0.2) is 4.98 Å². The van der Waals surface area contributed by atoms with E-state index in [1.807, 2.05) is 24.1 Å². The summed E-state index contributed by atoms with van der Waals surface area (Å²) in [6, 6.07) is 25.9. The number of ether oxygens (including phenoxy) is 1. The molecule has 0 radical (unpaired) electrons. The van der Waals surface area contributed by atoms with E-state index in [9.17, 15) is 0 Å². The van der Waals surface area contributed by atoms with Crippen LogP contribution in [0.1, 0.15) is 54.8 Å². The zero-order valence-electron chi connectivity index (χ0n) is 19.7. The Balaban J connectivity index is 1.63. The highest BCUT2D eigenvalue weighted by Gasteiger charge is 2.20. The Kier molecular flexibility index (Phi) is 6.29. The van der Waals surface area contributed by atoms with Gasteiger partial charge >= 0.3 is 0 Å². The maximum absolute atomic E-state index is 6.53. The number of benzene rings is 3. The predicted molar refractivity (Wildman–Crippen MR) is 132 cm³/mol. The van der Waals surface area contributed by atoms with Crippen molar-refractivity contribution in [3.63, 3.8) is 0 Å². The number of hydrogen-bond donors (Lipinski definition) is 0. The molecule has 164 valence electrons. The first kappa shape index (κ1) is 22.0. The summed E-state index contributed by atoms with van der Waals surface area (Å²) in [7, 11) is 2.02. The van der Waals surface area contributed by atoms with Crippen molar-refractivity contribution in [2.45, 2.75) is 45.8 Å². The predicted octanol–water partition coefficient (Wildman–Crippen LogP) is 7.00. The van der Waals surface area contributed by atoms with Crippen LogP contribution >= 0.6 is 0 Å². The molecule has 32 heavy (non-hydrogen) atoms. The average Bonchev–Trinajstić information content (AvgIpc) is 3.20. The van der Waals surface area contributed by atoms with E-state index in [4.69, 9.17) is 4.74 Å². The molecule has 0 aliphatic carbocycles. The smallest absolute Gasteiger partial charge is 0.124 e. The molecule has 1 heterocycles. The number of aryl methyl sites for hydroxylation is 2. The molecule has 0 spiro atoms. The molecule has 3 aromatic carbocycles. The summed E-state index contributed by atoms with van der Waals surface area (Å²) in [5.41, 5.74) is 8.52. The fraction of sp³-hybridized carbons (Fsp3) is 0.276. The zero-order valence-corrected chi connectivity index (χ0v) is 19.7. The van der Waals surface area contributed by atoms with Gasteiger partial charge in [-0.2, -0.15) is 0 Å². The Morgan fingerprint density at radius 1 is 0.938 bits per heavy atom. The summed E-state index contributed by atoms with van der Waals surface area (Å²) in [6.07, 6.45) is 3.52. The van der Waals surface area contributed by atoms with Crippen LogP contribution in [0.3, 0.4) is 0 Å². The lowest BCUT2D eigenvalue weighted by Crippen LogP contribution is -2.12. The summed E-state index contributed by atoms with van der Waals surface area (Å²) in [5, 5.41) is 0. The molecule has 4 aromatic rings. The highest BCUT2D eigenvalue weighted by molar-refractivity contribution is 5.67. The lowest BCUT2D eigenvalue weighted by Gasteiger charge is -2.21. The van der Waals surface area contributed by atoms with Gasteiger partial charge in [0.05, 0.1) is 24.8 Å². The summed E-state index contributed by atoms with van der Waals surface area (Å²) >= 11 is 0. The summed E-state index contributed by atoms with van der Waals surface area (Å²) in [6.45, 7) is 9.39. The van der Waals surface area contributed by atoms with Gasteiger partial charge in [-0.15, -0.1) is 0 Å². The van der Waals surface area contributed by atoms with Gasteiger partial charge in [0.25, 0.3) is 0 Å². The van der Waals surface area contributed by atoms with Gasteiger partial charge in [-0.05, 0) is 51.8 Å². The van der Waals surface area contributed by atoms with Crippen LogP contribution in [0.2, 0.25) is 0 Å². The molecule has 3 heteroatoms. The maximum atomic E-state index is 6.53. The minimum atomic E-state index is -0.200. The van der Waals surface area contributed by atoms with Crippen molar-refractivity contribution in [1.82, 2.24) is 9.55 Å². The molecule has 0 fully saturated rings. The second kappa shape index (κ2) is 9.13. The molecule has 1 atom stereocenters. The zero-order chi connectivity index (χ0) is 22.7. The van der Waals surface area contributed by atoms with Gasteiger partial charge in [-0.3, -0.25) is 0 Å². The van der Waals surface area contributed by atoms with Crippen molar-refractivity contribution in [2.24, 2.45) is 7.05 Å². The number of rotatable bonds is 6. The SMILES string of the molecule is Cc1ccccc1-c1cccc(C(OCc2ccc(C(C)(C)C)cc2)c2cncn2C)c1. The number of imidazole rings is 1. The summed E-state index contributed by atoms with van der Waals surface area (Å²) in [4.78, 5) is 4.34. The summed E-state index contributed by atoms with van der Waals surface area (Å²) in [5.74, 6) is 0. The van der Waals surface area contributed by atoms with Crippen LogP contribution in [0.25, 0.3) is 11.1 Å². The number of hydrogen-bond acceptors (Lipinski definition) is 2. The molecule has 0 amide bonds. The largest absolute Gasteiger partial charge is 0.363 e. The standard InChI is InChI=1S/C29H32N2O/c1-21-9-6-7-12-26(21)23-10-8-11-24(17-23)28(27-18-30-20-31(27)5)32-19-22-13-15-25(16-14-22)29(2,3)4/h6-18,20,28H,19H2,1-5H3. The third-order valence-electron chi connectivity index (χ3n) is 6.00. The molecule has 1 aromatic heterocycles. The Morgan fingerprint density at radius 3 is 2.34 bits per heavy atom. The van der Waals surface area contributed by atoms with Crippen LogP contribution < -0.4 is 0 Å². The Bertz CT molecular complexity index is 1180. The second-order valence-corrected chi connectivity index (χ2v) is 9.51. The maximum Gasteiger partial charge on any atom is 0.124 e. The Hall–Kier alpha value is -3.17. The van der Waals surface area contributed by atoms with Gasteiger partial charge in [0.1, 0.15) is 6.10 Å². The first-order valence-electron chi connectivity index (χ1n) is 11.2. The molecule has 1 unspecified atom stereocenters. The van der Waals surface area contributed by atoms with Crippen LogP contribution in [0.5, 0.6) is 0 Å². The lowest BCUT2D eigenvalue weighted by molar-refractivity contribution is 0.0622. The first-order valence-corrected chi connectivity index (χ1v) is 11.2. The van der Waals surface area contributed by atoms with Crippen LogP contribution in [-0.4, -0.2) is 9.55 Å². The molecular weight excluding hydrogens is 392 g/mol. The molecule has 0 bridgehead atoms. The molecule has 3 nitrogen and oxygen atoms in total. The van der Waals surface area contributed by atoms with E-state index in [-0.39, 0.29) is 11.5 Å². The van der Waals surface area contributed by atoms with Crippen LogP contribution in [-0.2, 0) is 23.8 Å². The van der Waals surface area contributed by atoms with Crippen molar-refractivity contribution in [3.8, 4) is 11.1 Å². The van der Waals surface area contributed by atoms with Crippen LogP contribution in [0.4, 0.5) is 0 Å². The van der Waals surface area contributed by atoms with Crippen molar-refractivity contribution in [2.75, 3.05) is 0 Å². The normalized spacial score (nSPS) is 12.7. The molecule has 0 N–H and O–H groups in total. The van der Waals surface area contributed by atoms with Crippen molar-refractivity contribution in [1.29, 1.82) is 0 Å². The van der Waals surface area contributed by atoms with Crippen molar-refractivity contribution in [3.05, 3.63) is 113 Å². The summed E-state index contributed by atoms with van der Waals surface area (Å²) < 4.78 is 8.56. The fourth-order valence-corrected chi connectivity index (χ4v) is 4.02. The molecule has 4 rings (SSSR count). The van der Waals surface area contributed by atoms with Crippen molar-refractivity contribution < 1.29 is 4.74 Å². The third kappa shape index (κ3) is 4.84. The highest BCUT2D eigenvalue weighted by atomic mass is 16.5. The highest BCUT2D eigenvalue weighted by Crippen LogP contribution is 2.31. The van der Waals surface area contributed by atoms with Crippen LogP contribution in [0, 0.1) is 6.92 Å². The van der Waals surface area contributed by atoms with E-state index in [0.29, 0.717) is 6.61 Å².